The molecular formula is C12H8N2O2. The average molecular weight is 212 g/mol. The highest BCUT2D eigenvalue weighted by molar-refractivity contribution is 5.35. The number of rotatable bonds is 2. The maximum atomic E-state index is 9.24. The predicted octanol–water partition coefficient (Wildman–Crippen LogP) is 2.45. The average Bonchev–Trinajstić information content (AvgIpc) is 2.29. The van der Waals surface area contributed by atoms with Crippen molar-refractivity contribution in [1.82, 2.24) is 4.98 Å². The first kappa shape index (κ1) is 9.99. The van der Waals surface area contributed by atoms with E-state index >= 15 is 0 Å². The van der Waals surface area contributed by atoms with E-state index in [1.165, 1.54) is 6.07 Å². The zero-order valence-corrected chi connectivity index (χ0v) is 8.29. The molecule has 1 N–H and O–H groups in total. The van der Waals surface area contributed by atoms with Gasteiger partial charge in [-0.05, 0) is 18.2 Å². The van der Waals surface area contributed by atoms with Gasteiger partial charge in [0, 0.05) is 12.1 Å². The quantitative estimate of drug-likeness (QED) is 0.830. The molecule has 2 aromatic rings. The minimum Gasteiger partial charge on any atom is -0.508 e. The topological polar surface area (TPSA) is 66.1 Å². The SMILES string of the molecule is N#Cc1cccc(Oc2cccc(O)c2)n1. The van der Waals surface area contributed by atoms with Gasteiger partial charge in [-0.3, -0.25) is 0 Å². The van der Waals surface area contributed by atoms with E-state index in [0.717, 1.165) is 0 Å². The molecule has 0 aliphatic carbocycles. The maximum absolute atomic E-state index is 9.24. The van der Waals surface area contributed by atoms with Crippen molar-refractivity contribution < 1.29 is 9.84 Å². The monoisotopic (exact) mass is 212 g/mol. The van der Waals surface area contributed by atoms with Crippen LogP contribution in [-0.4, -0.2) is 10.1 Å². The fraction of sp³-hybridized carbons (Fsp3) is 0. The molecule has 0 spiro atoms. The Morgan fingerprint density at radius 1 is 1.19 bits per heavy atom. The highest BCUT2D eigenvalue weighted by Crippen LogP contribution is 2.22. The van der Waals surface area contributed by atoms with E-state index < -0.39 is 0 Å². The Labute approximate surface area is 92.4 Å². The lowest BCUT2D eigenvalue weighted by molar-refractivity contribution is 0.445. The lowest BCUT2D eigenvalue weighted by atomic mass is 10.3. The molecule has 0 amide bonds. The molecule has 0 atom stereocenters. The Morgan fingerprint density at radius 2 is 2.00 bits per heavy atom. The van der Waals surface area contributed by atoms with E-state index in [4.69, 9.17) is 10.00 Å². The largest absolute Gasteiger partial charge is 0.508 e. The van der Waals surface area contributed by atoms with E-state index in [9.17, 15) is 5.11 Å². The summed E-state index contributed by atoms with van der Waals surface area (Å²) >= 11 is 0. The van der Waals surface area contributed by atoms with Crippen LogP contribution in [0.5, 0.6) is 17.4 Å². The molecule has 0 unspecified atom stereocenters. The fourth-order valence-corrected chi connectivity index (χ4v) is 1.20. The fourth-order valence-electron chi connectivity index (χ4n) is 1.20. The number of aromatic hydroxyl groups is 1. The third-order valence-electron chi connectivity index (χ3n) is 1.88. The van der Waals surface area contributed by atoms with E-state index in [2.05, 4.69) is 4.98 Å². The highest BCUT2D eigenvalue weighted by atomic mass is 16.5. The second kappa shape index (κ2) is 4.32. The van der Waals surface area contributed by atoms with Crippen molar-refractivity contribution in [3.8, 4) is 23.4 Å². The lowest BCUT2D eigenvalue weighted by Gasteiger charge is -2.04. The van der Waals surface area contributed by atoms with Crippen LogP contribution in [0.2, 0.25) is 0 Å². The van der Waals surface area contributed by atoms with Crippen LogP contribution in [0.15, 0.2) is 42.5 Å². The summed E-state index contributed by atoms with van der Waals surface area (Å²) in [5.74, 6) is 0.918. The van der Waals surface area contributed by atoms with Gasteiger partial charge < -0.3 is 9.84 Å². The molecule has 4 heteroatoms. The predicted molar refractivity (Wildman–Crippen MR) is 57.1 cm³/mol. The highest BCUT2D eigenvalue weighted by Gasteiger charge is 2.00. The molecular weight excluding hydrogens is 204 g/mol. The number of hydrogen-bond donors (Lipinski definition) is 1. The number of ether oxygens (including phenoxy) is 1. The number of pyridine rings is 1. The van der Waals surface area contributed by atoms with Gasteiger partial charge in [-0.15, -0.1) is 0 Å². The van der Waals surface area contributed by atoms with Crippen molar-refractivity contribution in [3.05, 3.63) is 48.2 Å². The summed E-state index contributed by atoms with van der Waals surface area (Å²) in [6.07, 6.45) is 0. The minimum absolute atomic E-state index is 0.119. The van der Waals surface area contributed by atoms with Crippen LogP contribution in [0.25, 0.3) is 0 Å². The van der Waals surface area contributed by atoms with Crippen molar-refractivity contribution in [1.29, 1.82) is 5.26 Å². The molecule has 0 bridgehead atoms. The van der Waals surface area contributed by atoms with Crippen molar-refractivity contribution in [2.45, 2.75) is 0 Å². The van der Waals surface area contributed by atoms with Crippen LogP contribution in [0, 0.1) is 11.3 Å². The Kier molecular flexibility index (Phi) is 2.70. The molecule has 1 heterocycles. The van der Waals surface area contributed by atoms with Gasteiger partial charge >= 0.3 is 0 Å². The molecule has 2 rings (SSSR count). The first-order chi connectivity index (χ1) is 7.78. The zero-order valence-electron chi connectivity index (χ0n) is 8.29. The van der Waals surface area contributed by atoms with Gasteiger partial charge in [-0.25, -0.2) is 4.98 Å². The molecule has 78 valence electrons. The van der Waals surface area contributed by atoms with E-state index in [1.807, 2.05) is 6.07 Å². The number of phenols is 1. The van der Waals surface area contributed by atoms with Gasteiger partial charge in [0.15, 0.2) is 0 Å². The molecule has 0 radical (unpaired) electrons. The first-order valence-electron chi connectivity index (χ1n) is 4.62. The summed E-state index contributed by atoms with van der Waals surface area (Å²) in [5, 5.41) is 17.9. The molecule has 0 aliphatic heterocycles. The van der Waals surface area contributed by atoms with E-state index in [0.29, 0.717) is 11.6 Å². The second-order valence-electron chi connectivity index (χ2n) is 3.07. The summed E-state index contributed by atoms with van der Waals surface area (Å²) in [6.45, 7) is 0. The van der Waals surface area contributed by atoms with Crippen molar-refractivity contribution in [2.75, 3.05) is 0 Å². The number of nitrogens with zero attached hydrogens (tertiary/aromatic N) is 2. The third kappa shape index (κ3) is 2.28. The molecule has 4 nitrogen and oxygen atoms in total. The van der Waals surface area contributed by atoms with Crippen LogP contribution in [0.3, 0.4) is 0 Å². The van der Waals surface area contributed by atoms with Gasteiger partial charge in [0.2, 0.25) is 5.88 Å². The minimum atomic E-state index is 0.119. The summed E-state index contributed by atoms with van der Waals surface area (Å²) in [4.78, 5) is 3.95. The van der Waals surface area contributed by atoms with E-state index in [-0.39, 0.29) is 11.4 Å². The van der Waals surface area contributed by atoms with Crippen LogP contribution >= 0.6 is 0 Å². The lowest BCUT2D eigenvalue weighted by Crippen LogP contribution is -1.89. The van der Waals surface area contributed by atoms with Gasteiger partial charge in [0.1, 0.15) is 23.3 Å². The van der Waals surface area contributed by atoms with Gasteiger partial charge in [-0.2, -0.15) is 5.26 Å². The standard InChI is InChI=1S/C12H8N2O2/c13-8-9-3-1-6-12(14-9)16-11-5-2-4-10(15)7-11/h1-7,15H. The van der Waals surface area contributed by atoms with E-state index in [1.54, 1.807) is 36.4 Å². The molecule has 0 aliphatic rings. The van der Waals surface area contributed by atoms with Crippen molar-refractivity contribution >= 4 is 0 Å². The molecule has 1 aromatic heterocycles. The number of phenolic OH excluding ortho intramolecular Hbond substituents is 1. The number of benzene rings is 1. The van der Waals surface area contributed by atoms with Gasteiger partial charge in [0.25, 0.3) is 0 Å². The summed E-state index contributed by atoms with van der Waals surface area (Å²) < 4.78 is 5.38. The third-order valence-corrected chi connectivity index (χ3v) is 1.88. The van der Waals surface area contributed by atoms with Gasteiger partial charge in [0.05, 0.1) is 0 Å². The molecule has 0 saturated heterocycles. The molecule has 0 fully saturated rings. The Balaban J connectivity index is 2.24. The van der Waals surface area contributed by atoms with Crippen molar-refractivity contribution in [3.63, 3.8) is 0 Å². The maximum Gasteiger partial charge on any atom is 0.220 e. The summed E-state index contributed by atoms with van der Waals surface area (Å²) in [7, 11) is 0. The summed E-state index contributed by atoms with van der Waals surface area (Å²) in [6, 6.07) is 13.2. The van der Waals surface area contributed by atoms with Crippen LogP contribution in [-0.2, 0) is 0 Å². The summed E-state index contributed by atoms with van der Waals surface area (Å²) in [5.41, 5.74) is 0.289. The van der Waals surface area contributed by atoms with Gasteiger partial charge in [-0.1, -0.05) is 12.1 Å². The Hall–Kier alpha value is -2.54. The van der Waals surface area contributed by atoms with Crippen molar-refractivity contribution in [2.24, 2.45) is 0 Å². The molecule has 16 heavy (non-hydrogen) atoms. The van der Waals surface area contributed by atoms with Crippen LogP contribution in [0.1, 0.15) is 5.69 Å². The smallest absolute Gasteiger partial charge is 0.220 e. The van der Waals surface area contributed by atoms with Crippen LogP contribution in [0.4, 0.5) is 0 Å². The number of hydrogen-bond acceptors (Lipinski definition) is 4. The Bertz CT molecular complexity index is 547. The first-order valence-corrected chi connectivity index (χ1v) is 4.62. The second-order valence-corrected chi connectivity index (χ2v) is 3.07. The molecule has 1 aromatic carbocycles. The Morgan fingerprint density at radius 3 is 2.75 bits per heavy atom. The van der Waals surface area contributed by atoms with Crippen LogP contribution < -0.4 is 4.74 Å². The number of aromatic nitrogens is 1. The zero-order chi connectivity index (χ0) is 11.4. The number of nitriles is 1. The normalized spacial score (nSPS) is 9.44. The molecule has 0 saturated carbocycles.